The van der Waals surface area contributed by atoms with Gasteiger partial charge in [-0.2, -0.15) is 4.98 Å². The second-order valence-electron chi connectivity index (χ2n) is 4.43. The molecular formula is C11H14N4O2S. The summed E-state index contributed by atoms with van der Waals surface area (Å²) in [6, 6.07) is -0.0292. The Balaban J connectivity index is 1.70. The van der Waals surface area contributed by atoms with Gasteiger partial charge in [0.25, 0.3) is 0 Å². The number of aliphatic hydroxyl groups is 1. The normalized spacial score (nSPS) is 23.7. The lowest BCUT2D eigenvalue weighted by Gasteiger charge is -2.01. The van der Waals surface area contributed by atoms with Crippen LogP contribution in [0.5, 0.6) is 0 Å². The lowest BCUT2D eigenvalue weighted by Crippen LogP contribution is -2.15. The van der Waals surface area contributed by atoms with Gasteiger partial charge in [0.05, 0.1) is 29.3 Å². The van der Waals surface area contributed by atoms with Crippen LogP contribution in [0.1, 0.15) is 34.9 Å². The molecule has 0 amide bonds. The van der Waals surface area contributed by atoms with E-state index >= 15 is 0 Å². The Morgan fingerprint density at radius 1 is 1.56 bits per heavy atom. The van der Waals surface area contributed by atoms with Gasteiger partial charge < -0.3 is 14.9 Å². The van der Waals surface area contributed by atoms with E-state index in [9.17, 15) is 5.11 Å². The summed E-state index contributed by atoms with van der Waals surface area (Å²) >= 11 is 1.61. The molecule has 2 aromatic heterocycles. The number of aromatic nitrogens is 3. The maximum Gasteiger partial charge on any atom is 0.243 e. The van der Waals surface area contributed by atoms with Gasteiger partial charge in [-0.05, 0) is 13.3 Å². The molecule has 0 spiro atoms. The first-order valence-corrected chi connectivity index (χ1v) is 6.73. The number of thiazole rings is 1. The highest BCUT2D eigenvalue weighted by Crippen LogP contribution is 2.22. The lowest BCUT2D eigenvalue weighted by atomic mass is 10.2. The maximum absolute atomic E-state index is 9.44. The molecule has 0 aromatic carbocycles. The Kier molecular flexibility index (Phi) is 3.11. The average molecular weight is 266 g/mol. The van der Waals surface area contributed by atoms with Crippen LogP contribution in [0.2, 0.25) is 0 Å². The van der Waals surface area contributed by atoms with Crippen LogP contribution in [-0.4, -0.2) is 32.9 Å². The second kappa shape index (κ2) is 4.75. The van der Waals surface area contributed by atoms with Crippen molar-refractivity contribution in [3.05, 3.63) is 27.8 Å². The highest BCUT2D eigenvalue weighted by Gasteiger charge is 2.28. The largest absolute Gasteiger partial charge is 0.392 e. The first kappa shape index (κ1) is 11.8. The van der Waals surface area contributed by atoms with Crippen molar-refractivity contribution in [2.75, 3.05) is 6.54 Å². The molecule has 3 rings (SSSR count). The first-order chi connectivity index (χ1) is 8.70. The van der Waals surface area contributed by atoms with Gasteiger partial charge in [0.2, 0.25) is 5.89 Å². The van der Waals surface area contributed by atoms with Crippen molar-refractivity contribution < 1.29 is 9.63 Å². The molecular weight excluding hydrogens is 252 g/mol. The Hall–Kier alpha value is -1.31. The zero-order chi connectivity index (χ0) is 12.5. The van der Waals surface area contributed by atoms with Gasteiger partial charge >= 0.3 is 0 Å². The molecule has 1 aliphatic rings. The molecule has 6 nitrogen and oxygen atoms in total. The van der Waals surface area contributed by atoms with Crippen LogP contribution in [0, 0.1) is 6.92 Å². The topological polar surface area (TPSA) is 84.1 Å². The molecule has 2 unspecified atom stereocenters. The van der Waals surface area contributed by atoms with Gasteiger partial charge in [-0.15, -0.1) is 11.3 Å². The van der Waals surface area contributed by atoms with Crippen LogP contribution in [-0.2, 0) is 6.42 Å². The van der Waals surface area contributed by atoms with Crippen molar-refractivity contribution in [1.29, 1.82) is 0 Å². The van der Waals surface area contributed by atoms with Crippen molar-refractivity contribution in [2.45, 2.75) is 31.9 Å². The minimum absolute atomic E-state index is 0.0292. The molecule has 2 N–H and O–H groups in total. The third-order valence-electron chi connectivity index (χ3n) is 2.90. The summed E-state index contributed by atoms with van der Waals surface area (Å²) in [5.41, 5.74) is 0.962. The third kappa shape index (κ3) is 2.43. The van der Waals surface area contributed by atoms with Gasteiger partial charge in [-0.1, -0.05) is 5.16 Å². The second-order valence-corrected chi connectivity index (χ2v) is 5.50. The number of rotatable bonds is 3. The van der Waals surface area contributed by atoms with E-state index in [4.69, 9.17) is 4.52 Å². The molecule has 18 heavy (non-hydrogen) atoms. The van der Waals surface area contributed by atoms with E-state index < -0.39 is 0 Å². The monoisotopic (exact) mass is 266 g/mol. The fraction of sp³-hybridized carbons (Fsp3) is 0.545. The summed E-state index contributed by atoms with van der Waals surface area (Å²) < 4.78 is 5.22. The lowest BCUT2D eigenvalue weighted by molar-refractivity contribution is 0.191. The summed E-state index contributed by atoms with van der Waals surface area (Å²) in [5.74, 6) is 1.19. The van der Waals surface area contributed by atoms with Gasteiger partial charge in [0.1, 0.15) is 0 Å². The van der Waals surface area contributed by atoms with Crippen LogP contribution in [0.3, 0.4) is 0 Å². The number of nitrogens with zero attached hydrogens (tertiary/aromatic N) is 3. The number of hydrogen-bond acceptors (Lipinski definition) is 7. The number of aliphatic hydroxyl groups excluding tert-OH is 1. The zero-order valence-electron chi connectivity index (χ0n) is 9.96. The maximum atomic E-state index is 9.44. The molecule has 2 aromatic rings. The van der Waals surface area contributed by atoms with Crippen molar-refractivity contribution >= 4 is 11.3 Å². The van der Waals surface area contributed by atoms with Crippen LogP contribution in [0.25, 0.3) is 0 Å². The number of nitrogens with one attached hydrogen (secondary N) is 1. The van der Waals surface area contributed by atoms with Crippen LogP contribution in [0.15, 0.2) is 9.90 Å². The Labute approximate surface area is 108 Å². The van der Waals surface area contributed by atoms with Gasteiger partial charge in [0, 0.05) is 11.9 Å². The Bertz CT molecular complexity index is 539. The summed E-state index contributed by atoms with van der Waals surface area (Å²) in [5, 5.41) is 19.6. The summed E-state index contributed by atoms with van der Waals surface area (Å²) in [4.78, 5) is 8.71. The molecule has 0 radical (unpaired) electrons. The predicted molar refractivity (Wildman–Crippen MR) is 65.3 cm³/mol. The number of aryl methyl sites for hydroxylation is 1. The molecule has 1 saturated heterocycles. The first-order valence-electron chi connectivity index (χ1n) is 5.85. The van der Waals surface area contributed by atoms with E-state index in [2.05, 4.69) is 20.4 Å². The van der Waals surface area contributed by atoms with E-state index in [1.54, 1.807) is 11.3 Å². The summed E-state index contributed by atoms with van der Waals surface area (Å²) in [7, 11) is 0. The summed E-state index contributed by atoms with van der Waals surface area (Å²) in [6.45, 7) is 2.55. The van der Waals surface area contributed by atoms with Gasteiger partial charge in [-0.25, -0.2) is 4.98 Å². The van der Waals surface area contributed by atoms with Crippen molar-refractivity contribution in [2.24, 2.45) is 0 Å². The molecule has 0 saturated carbocycles. The molecule has 96 valence electrons. The van der Waals surface area contributed by atoms with E-state index in [1.807, 2.05) is 12.3 Å². The fourth-order valence-electron chi connectivity index (χ4n) is 2.04. The molecule has 7 heteroatoms. The quantitative estimate of drug-likeness (QED) is 0.855. The Morgan fingerprint density at radius 3 is 3.11 bits per heavy atom. The standard InChI is InChI=1S/C11H14N4O2S/c1-6-13-7(5-18-6)2-10-14-11(17-15-10)9-3-8(16)4-12-9/h5,8-9,12,16H,2-4H2,1H3. The van der Waals surface area contributed by atoms with Crippen molar-refractivity contribution in [3.63, 3.8) is 0 Å². The minimum Gasteiger partial charge on any atom is -0.392 e. The Morgan fingerprint density at radius 2 is 2.44 bits per heavy atom. The molecule has 3 heterocycles. The van der Waals surface area contributed by atoms with E-state index in [0.29, 0.717) is 31.1 Å². The SMILES string of the molecule is Cc1nc(Cc2noc(C3CC(O)CN3)n2)cs1. The average Bonchev–Trinajstić information content (AvgIpc) is 3.01. The van der Waals surface area contributed by atoms with E-state index in [1.165, 1.54) is 0 Å². The molecule has 1 fully saturated rings. The van der Waals surface area contributed by atoms with E-state index in [0.717, 1.165) is 10.7 Å². The highest BCUT2D eigenvalue weighted by atomic mass is 32.1. The minimum atomic E-state index is -0.327. The van der Waals surface area contributed by atoms with Gasteiger partial charge in [0.15, 0.2) is 5.82 Å². The van der Waals surface area contributed by atoms with Crippen molar-refractivity contribution in [1.82, 2.24) is 20.4 Å². The van der Waals surface area contributed by atoms with Crippen molar-refractivity contribution in [3.8, 4) is 0 Å². The molecule has 0 bridgehead atoms. The number of β-amino-alcohol motifs (C(OH)–C–C–N with tert-alkyl or cyclic N) is 1. The zero-order valence-corrected chi connectivity index (χ0v) is 10.8. The third-order valence-corrected chi connectivity index (χ3v) is 3.72. The molecule has 1 aliphatic heterocycles. The number of hydrogen-bond donors (Lipinski definition) is 2. The van der Waals surface area contributed by atoms with Crippen LogP contribution < -0.4 is 5.32 Å². The van der Waals surface area contributed by atoms with E-state index in [-0.39, 0.29) is 12.1 Å². The predicted octanol–water partition coefficient (Wildman–Crippen LogP) is 0.821. The van der Waals surface area contributed by atoms with Crippen LogP contribution in [0.4, 0.5) is 0 Å². The molecule has 0 aliphatic carbocycles. The highest BCUT2D eigenvalue weighted by molar-refractivity contribution is 7.09. The fourth-order valence-corrected chi connectivity index (χ4v) is 2.65. The van der Waals surface area contributed by atoms with Crippen LogP contribution >= 0.6 is 11.3 Å². The summed E-state index contributed by atoms with van der Waals surface area (Å²) in [6.07, 6.45) is 0.882. The smallest absolute Gasteiger partial charge is 0.243 e. The molecule has 2 atom stereocenters. The van der Waals surface area contributed by atoms with Gasteiger partial charge in [-0.3, -0.25) is 0 Å².